The number of amides is 2. The Balaban J connectivity index is 1.83. The van der Waals surface area contributed by atoms with Crippen LogP contribution >= 0.6 is 0 Å². The molecule has 6 heteroatoms. The van der Waals surface area contributed by atoms with Crippen molar-refractivity contribution in [1.82, 2.24) is 10.2 Å². The molecule has 3 rings (SSSR count). The molecule has 2 amide bonds. The second-order valence-electron chi connectivity index (χ2n) is 8.65. The van der Waals surface area contributed by atoms with Crippen LogP contribution in [0, 0.1) is 13.8 Å². The number of carbonyl (C=O) groups excluding carboxylic acids is 2. The van der Waals surface area contributed by atoms with Gasteiger partial charge in [0, 0.05) is 11.7 Å². The van der Waals surface area contributed by atoms with Crippen LogP contribution in [0.1, 0.15) is 51.2 Å². The van der Waals surface area contributed by atoms with E-state index in [9.17, 15) is 9.59 Å². The predicted molar refractivity (Wildman–Crippen MR) is 106 cm³/mol. The summed E-state index contributed by atoms with van der Waals surface area (Å²) in [7, 11) is 0. The Hall–Kier alpha value is -2.08. The summed E-state index contributed by atoms with van der Waals surface area (Å²) in [6.45, 7) is 10.5. The summed E-state index contributed by atoms with van der Waals surface area (Å²) in [6.07, 6.45) is 2.09. The van der Waals surface area contributed by atoms with Crippen molar-refractivity contribution in [2.45, 2.75) is 77.6 Å². The number of hydrogen-bond acceptors (Lipinski definition) is 4. The van der Waals surface area contributed by atoms with Gasteiger partial charge in [0.05, 0.1) is 6.04 Å². The lowest BCUT2D eigenvalue weighted by molar-refractivity contribution is -0.120. The molecular weight excluding hydrogens is 342 g/mol. The molecule has 0 saturated carbocycles. The minimum absolute atomic E-state index is 0.00274. The SMILES string of the molecule is Cc1cccc(NC(=O)C2CC3NCCCC3N2C(=O)OC(C)(C)C)c1C. The molecule has 6 nitrogen and oxygen atoms in total. The number of rotatable bonds is 2. The normalized spacial score (nSPS) is 25.1. The van der Waals surface area contributed by atoms with Crippen molar-refractivity contribution in [3.05, 3.63) is 29.3 Å². The number of piperidine rings is 1. The maximum absolute atomic E-state index is 13.1. The van der Waals surface area contributed by atoms with Crippen LogP contribution in [-0.2, 0) is 9.53 Å². The number of likely N-dealkylation sites (tertiary alicyclic amines) is 1. The van der Waals surface area contributed by atoms with Crippen molar-refractivity contribution in [3.8, 4) is 0 Å². The minimum Gasteiger partial charge on any atom is -0.444 e. The highest BCUT2D eigenvalue weighted by molar-refractivity contribution is 5.97. The number of hydrogen-bond donors (Lipinski definition) is 2. The maximum atomic E-state index is 13.1. The highest BCUT2D eigenvalue weighted by Crippen LogP contribution is 2.32. The lowest BCUT2D eigenvalue weighted by Gasteiger charge is -2.35. The van der Waals surface area contributed by atoms with Gasteiger partial charge in [0.1, 0.15) is 11.6 Å². The van der Waals surface area contributed by atoms with Crippen LogP contribution in [-0.4, -0.2) is 47.2 Å². The monoisotopic (exact) mass is 373 g/mol. The van der Waals surface area contributed by atoms with Crippen LogP contribution in [0.5, 0.6) is 0 Å². The average molecular weight is 373 g/mol. The maximum Gasteiger partial charge on any atom is 0.411 e. The molecule has 2 N–H and O–H groups in total. The summed E-state index contributed by atoms with van der Waals surface area (Å²) in [5, 5.41) is 6.50. The Morgan fingerprint density at radius 2 is 2.00 bits per heavy atom. The molecule has 0 spiro atoms. The Labute approximate surface area is 161 Å². The third-order valence-electron chi connectivity index (χ3n) is 5.49. The number of fused-ring (bicyclic) bond motifs is 1. The van der Waals surface area contributed by atoms with Gasteiger partial charge in [-0.15, -0.1) is 0 Å². The fraction of sp³-hybridized carbons (Fsp3) is 0.619. The van der Waals surface area contributed by atoms with Crippen LogP contribution in [0.4, 0.5) is 10.5 Å². The Kier molecular flexibility index (Phi) is 5.47. The summed E-state index contributed by atoms with van der Waals surface area (Å²) in [5.41, 5.74) is 2.37. The van der Waals surface area contributed by atoms with E-state index in [0.29, 0.717) is 6.42 Å². The van der Waals surface area contributed by atoms with Gasteiger partial charge in [0.25, 0.3) is 0 Å². The van der Waals surface area contributed by atoms with Gasteiger partial charge in [0.15, 0.2) is 0 Å². The lowest BCUT2D eigenvalue weighted by Crippen LogP contribution is -2.52. The van der Waals surface area contributed by atoms with Gasteiger partial charge in [-0.2, -0.15) is 0 Å². The van der Waals surface area contributed by atoms with E-state index in [1.54, 1.807) is 4.90 Å². The minimum atomic E-state index is -0.592. The molecule has 1 aromatic rings. The van der Waals surface area contributed by atoms with Gasteiger partial charge in [-0.3, -0.25) is 9.69 Å². The highest BCUT2D eigenvalue weighted by Gasteiger charge is 2.49. The van der Waals surface area contributed by atoms with Crippen molar-refractivity contribution in [1.29, 1.82) is 0 Å². The molecule has 2 aliphatic heterocycles. The van der Waals surface area contributed by atoms with Crippen molar-refractivity contribution in [3.63, 3.8) is 0 Å². The largest absolute Gasteiger partial charge is 0.444 e. The van der Waals surface area contributed by atoms with Gasteiger partial charge in [-0.25, -0.2) is 4.79 Å². The van der Waals surface area contributed by atoms with Crippen LogP contribution in [0.2, 0.25) is 0 Å². The molecule has 0 radical (unpaired) electrons. The first-order valence-electron chi connectivity index (χ1n) is 9.79. The predicted octanol–water partition coefficient (Wildman–Crippen LogP) is 3.37. The first-order valence-corrected chi connectivity index (χ1v) is 9.79. The number of aryl methyl sites for hydroxylation is 1. The Morgan fingerprint density at radius 3 is 2.70 bits per heavy atom. The number of benzene rings is 1. The van der Waals surface area contributed by atoms with E-state index in [2.05, 4.69) is 10.6 Å². The molecule has 0 aliphatic carbocycles. The van der Waals surface area contributed by atoms with Crippen LogP contribution in [0.25, 0.3) is 0 Å². The van der Waals surface area contributed by atoms with E-state index in [-0.39, 0.29) is 18.0 Å². The van der Waals surface area contributed by atoms with Gasteiger partial charge >= 0.3 is 6.09 Å². The van der Waals surface area contributed by atoms with Gasteiger partial charge in [0.2, 0.25) is 5.91 Å². The molecule has 0 aromatic heterocycles. The first kappa shape index (κ1) is 19.7. The molecular formula is C21H31N3O3. The van der Waals surface area contributed by atoms with E-state index in [4.69, 9.17) is 4.74 Å². The van der Waals surface area contributed by atoms with Gasteiger partial charge in [-0.1, -0.05) is 12.1 Å². The average Bonchev–Trinajstić information content (AvgIpc) is 2.97. The molecule has 2 saturated heterocycles. The summed E-state index contributed by atoms with van der Waals surface area (Å²) < 4.78 is 5.62. The number of ether oxygens (including phenoxy) is 1. The van der Waals surface area contributed by atoms with Gasteiger partial charge in [-0.05, 0) is 77.6 Å². The molecule has 148 valence electrons. The quantitative estimate of drug-likeness (QED) is 0.834. The number of anilines is 1. The molecule has 0 bridgehead atoms. The van der Waals surface area contributed by atoms with E-state index in [0.717, 1.165) is 36.2 Å². The molecule has 3 unspecified atom stereocenters. The molecule has 27 heavy (non-hydrogen) atoms. The summed E-state index contributed by atoms with van der Waals surface area (Å²) in [6, 6.07) is 5.47. The van der Waals surface area contributed by atoms with Crippen LogP contribution < -0.4 is 10.6 Å². The van der Waals surface area contributed by atoms with E-state index in [1.807, 2.05) is 52.8 Å². The van der Waals surface area contributed by atoms with Crippen molar-refractivity contribution >= 4 is 17.7 Å². The smallest absolute Gasteiger partial charge is 0.411 e. The van der Waals surface area contributed by atoms with Crippen molar-refractivity contribution in [2.24, 2.45) is 0 Å². The van der Waals surface area contributed by atoms with Crippen LogP contribution in [0.15, 0.2) is 18.2 Å². The Morgan fingerprint density at radius 1 is 1.26 bits per heavy atom. The lowest BCUT2D eigenvalue weighted by atomic mass is 9.99. The third-order valence-corrected chi connectivity index (χ3v) is 5.49. The number of carbonyl (C=O) groups is 2. The molecule has 1 aromatic carbocycles. The molecule has 3 atom stereocenters. The van der Waals surface area contributed by atoms with Crippen LogP contribution in [0.3, 0.4) is 0 Å². The zero-order valence-corrected chi connectivity index (χ0v) is 17.0. The summed E-state index contributed by atoms with van der Waals surface area (Å²) >= 11 is 0. The molecule has 2 fully saturated rings. The summed E-state index contributed by atoms with van der Waals surface area (Å²) in [4.78, 5) is 27.7. The molecule has 2 aliphatic rings. The fourth-order valence-corrected chi connectivity index (χ4v) is 4.01. The van der Waals surface area contributed by atoms with Gasteiger partial charge < -0.3 is 15.4 Å². The first-order chi connectivity index (χ1) is 12.7. The second kappa shape index (κ2) is 7.50. The van der Waals surface area contributed by atoms with E-state index < -0.39 is 17.7 Å². The Bertz CT molecular complexity index is 726. The highest BCUT2D eigenvalue weighted by atomic mass is 16.6. The summed E-state index contributed by atoms with van der Waals surface area (Å²) in [5.74, 6) is -0.147. The van der Waals surface area contributed by atoms with Crippen molar-refractivity contribution < 1.29 is 14.3 Å². The molecule has 2 heterocycles. The zero-order valence-electron chi connectivity index (χ0n) is 17.0. The zero-order chi connectivity index (χ0) is 19.8. The fourth-order valence-electron chi connectivity index (χ4n) is 4.01. The van der Waals surface area contributed by atoms with E-state index >= 15 is 0 Å². The van der Waals surface area contributed by atoms with Crippen molar-refractivity contribution in [2.75, 3.05) is 11.9 Å². The topological polar surface area (TPSA) is 70.7 Å². The number of nitrogens with one attached hydrogen (secondary N) is 2. The second-order valence-corrected chi connectivity index (χ2v) is 8.65. The standard InChI is InChI=1S/C21H31N3O3/c1-13-8-6-9-15(14(13)2)23-19(25)18-12-16-17(10-7-11-22-16)24(18)20(26)27-21(3,4)5/h6,8-9,16-18,22H,7,10-12H2,1-5H3,(H,23,25). The number of nitrogens with zero attached hydrogens (tertiary/aromatic N) is 1. The van der Waals surface area contributed by atoms with E-state index in [1.165, 1.54) is 0 Å². The third kappa shape index (κ3) is 4.26.